The number of fused-ring (bicyclic) bond motifs is 3. The first-order valence-corrected chi connectivity index (χ1v) is 12.0. The highest BCUT2D eigenvalue weighted by Crippen LogP contribution is 2.44. The van der Waals surface area contributed by atoms with E-state index in [4.69, 9.17) is 4.74 Å². The zero-order valence-corrected chi connectivity index (χ0v) is 18.9. The zero-order chi connectivity index (χ0) is 23.4. The van der Waals surface area contributed by atoms with Crippen molar-refractivity contribution in [3.05, 3.63) is 72.3 Å². The number of benzene rings is 2. The molecule has 0 saturated carbocycles. The van der Waals surface area contributed by atoms with Gasteiger partial charge in [0.05, 0.1) is 5.88 Å². The SMILES string of the molecule is C=CCCC(NC(=O)OCC1c2ccccc2-c2ccccc21)C(=O)N1CSCC1C(=O)O. The number of carbonyl (C=O) groups is 3. The van der Waals surface area contributed by atoms with E-state index in [2.05, 4.69) is 24.0 Å². The number of hydrogen-bond acceptors (Lipinski definition) is 5. The molecule has 2 aromatic carbocycles. The summed E-state index contributed by atoms with van der Waals surface area (Å²) in [4.78, 5) is 38.5. The Bertz CT molecular complexity index is 1030. The molecular weight excluding hydrogens is 440 g/mol. The van der Waals surface area contributed by atoms with Crippen molar-refractivity contribution in [2.45, 2.75) is 30.8 Å². The van der Waals surface area contributed by atoms with Gasteiger partial charge < -0.3 is 20.1 Å². The fourth-order valence-corrected chi connectivity index (χ4v) is 5.54. The van der Waals surface area contributed by atoms with Gasteiger partial charge in [0.1, 0.15) is 18.7 Å². The van der Waals surface area contributed by atoms with Crippen molar-refractivity contribution in [3.63, 3.8) is 0 Å². The van der Waals surface area contributed by atoms with Crippen LogP contribution in [-0.2, 0) is 14.3 Å². The molecule has 1 heterocycles. The van der Waals surface area contributed by atoms with Crippen molar-refractivity contribution in [2.75, 3.05) is 18.2 Å². The Kier molecular flexibility index (Phi) is 7.03. The van der Waals surface area contributed by atoms with E-state index in [0.29, 0.717) is 18.6 Å². The lowest BCUT2D eigenvalue weighted by atomic mass is 9.98. The van der Waals surface area contributed by atoms with Crippen LogP contribution in [0, 0.1) is 0 Å². The van der Waals surface area contributed by atoms with Crippen LogP contribution in [0.25, 0.3) is 11.1 Å². The van der Waals surface area contributed by atoms with Gasteiger partial charge in [-0.05, 0) is 35.1 Å². The minimum absolute atomic E-state index is 0.0863. The van der Waals surface area contributed by atoms with Gasteiger partial charge >= 0.3 is 12.1 Å². The third-order valence-corrected chi connectivity index (χ3v) is 7.06. The van der Waals surface area contributed by atoms with Crippen molar-refractivity contribution < 1.29 is 24.2 Å². The molecule has 8 heteroatoms. The lowest BCUT2D eigenvalue weighted by Crippen LogP contribution is -2.52. The van der Waals surface area contributed by atoms with E-state index < -0.39 is 30.1 Å². The molecule has 0 bridgehead atoms. The minimum atomic E-state index is -1.04. The summed E-state index contributed by atoms with van der Waals surface area (Å²) in [6, 6.07) is 14.3. The van der Waals surface area contributed by atoms with Crippen molar-refractivity contribution >= 4 is 29.7 Å². The van der Waals surface area contributed by atoms with Gasteiger partial charge in [-0.3, -0.25) is 4.79 Å². The molecule has 1 saturated heterocycles. The van der Waals surface area contributed by atoms with Gasteiger partial charge in [-0.25, -0.2) is 9.59 Å². The number of hydrogen-bond donors (Lipinski definition) is 2. The van der Waals surface area contributed by atoms with Gasteiger partial charge in [-0.1, -0.05) is 54.6 Å². The zero-order valence-electron chi connectivity index (χ0n) is 18.1. The van der Waals surface area contributed by atoms with E-state index in [1.54, 1.807) is 6.08 Å². The summed E-state index contributed by atoms with van der Waals surface area (Å²) >= 11 is 1.38. The summed E-state index contributed by atoms with van der Waals surface area (Å²) in [6.45, 7) is 3.81. The summed E-state index contributed by atoms with van der Waals surface area (Å²) in [7, 11) is 0. The van der Waals surface area contributed by atoms with Crippen LogP contribution < -0.4 is 5.32 Å². The summed E-state index contributed by atoms with van der Waals surface area (Å²) in [5.41, 5.74) is 4.47. The second-order valence-corrected chi connectivity index (χ2v) is 9.05. The van der Waals surface area contributed by atoms with Crippen LogP contribution in [-0.4, -0.2) is 58.3 Å². The molecule has 4 rings (SSSR count). The Morgan fingerprint density at radius 2 is 1.79 bits per heavy atom. The fraction of sp³-hybridized carbons (Fsp3) is 0.320. The van der Waals surface area contributed by atoms with Gasteiger partial charge in [-0.15, -0.1) is 18.3 Å². The highest BCUT2D eigenvalue weighted by molar-refractivity contribution is 7.99. The van der Waals surface area contributed by atoms with Gasteiger partial charge in [-0.2, -0.15) is 0 Å². The number of ether oxygens (including phenoxy) is 1. The van der Waals surface area contributed by atoms with Crippen LogP contribution in [0.2, 0.25) is 0 Å². The van der Waals surface area contributed by atoms with Gasteiger partial charge in [0, 0.05) is 11.7 Å². The predicted octanol–water partition coefficient (Wildman–Crippen LogP) is 3.85. The summed E-state index contributed by atoms with van der Waals surface area (Å²) in [6.07, 6.45) is 1.78. The van der Waals surface area contributed by atoms with Crippen molar-refractivity contribution in [1.29, 1.82) is 0 Å². The molecule has 2 unspecified atom stereocenters. The smallest absolute Gasteiger partial charge is 0.407 e. The quantitative estimate of drug-likeness (QED) is 0.574. The Morgan fingerprint density at radius 3 is 2.39 bits per heavy atom. The normalized spacial score (nSPS) is 17.7. The van der Waals surface area contributed by atoms with Crippen LogP contribution in [0.4, 0.5) is 4.79 Å². The molecule has 33 heavy (non-hydrogen) atoms. The van der Waals surface area contributed by atoms with Crippen molar-refractivity contribution in [2.24, 2.45) is 0 Å². The van der Waals surface area contributed by atoms with Crippen molar-refractivity contribution in [3.8, 4) is 11.1 Å². The number of nitrogens with one attached hydrogen (secondary N) is 1. The highest BCUT2D eigenvalue weighted by Gasteiger charge is 2.38. The Labute approximate surface area is 196 Å². The van der Waals surface area contributed by atoms with E-state index in [1.807, 2.05) is 36.4 Å². The lowest BCUT2D eigenvalue weighted by molar-refractivity contribution is -0.148. The van der Waals surface area contributed by atoms with Gasteiger partial charge in [0.2, 0.25) is 5.91 Å². The molecule has 2 N–H and O–H groups in total. The second-order valence-electron chi connectivity index (χ2n) is 8.05. The molecule has 2 amide bonds. The first kappa shape index (κ1) is 22.9. The van der Waals surface area contributed by atoms with E-state index >= 15 is 0 Å². The molecule has 0 aromatic heterocycles. The van der Waals surface area contributed by atoms with Gasteiger partial charge in [0.15, 0.2) is 0 Å². The number of thioether (sulfide) groups is 1. The summed E-state index contributed by atoms with van der Waals surface area (Å²) in [5.74, 6) is -0.927. The molecular formula is C25H26N2O5S. The van der Waals surface area contributed by atoms with Crippen molar-refractivity contribution in [1.82, 2.24) is 10.2 Å². The Hall–Kier alpha value is -3.26. The maximum absolute atomic E-state index is 13.0. The van der Waals surface area contributed by atoms with Crippen LogP contribution in [0.5, 0.6) is 0 Å². The number of allylic oxidation sites excluding steroid dienone is 1. The molecule has 2 aromatic rings. The monoisotopic (exact) mass is 466 g/mol. The summed E-state index contributed by atoms with van der Waals surface area (Å²) < 4.78 is 5.57. The number of carboxylic acid groups (broad SMARTS) is 1. The highest BCUT2D eigenvalue weighted by atomic mass is 32.2. The van der Waals surface area contributed by atoms with Crippen LogP contribution >= 0.6 is 11.8 Å². The maximum atomic E-state index is 13.0. The predicted molar refractivity (Wildman–Crippen MR) is 127 cm³/mol. The average Bonchev–Trinajstić information content (AvgIpc) is 3.43. The molecule has 1 aliphatic carbocycles. The number of carboxylic acids is 1. The molecule has 0 spiro atoms. The van der Waals surface area contributed by atoms with Gasteiger partial charge in [0.25, 0.3) is 0 Å². The second kappa shape index (κ2) is 10.1. The molecule has 7 nitrogen and oxygen atoms in total. The molecule has 0 radical (unpaired) electrons. The summed E-state index contributed by atoms with van der Waals surface area (Å²) in [5, 5.41) is 12.1. The average molecular weight is 467 g/mol. The number of nitrogens with zero attached hydrogens (tertiary/aromatic N) is 1. The first-order chi connectivity index (χ1) is 16.0. The van der Waals surface area contributed by atoms with E-state index in [1.165, 1.54) is 16.7 Å². The van der Waals surface area contributed by atoms with E-state index in [9.17, 15) is 19.5 Å². The number of alkyl carbamates (subject to hydrolysis) is 1. The number of amides is 2. The van der Waals surface area contributed by atoms with Crippen LogP contribution in [0.15, 0.2) is 61.2 Å². The van der Waals surface area contributed by atoms with Crippen LogP contribution in [0.1, 0.15) is 29.9 Å². The third kappa shape index (κ3) is 4.75. The number of carbonyl (C=O) groups excluding carboxylic acids is 2. The molecule has 1 fully saturated rings. The third-order valence-electron chi connectivity index (χ3n) is 6.04. The van der Waals surface area contributed by atoms with E-state index in [-0.39, 0.29) is 18.4 Å². The largest absolute Gasteiger partial charge is 0.480 e. The standard InChI is InChI=1S/C25H26N2O5S/c1-2-3-12-21(23(28)27-15-33-14-22(27)24(29)30)26-25(31)32-13-20-18-10-6-4-8-16(18)17-9-5-7-11-19(17)20/h2,4-11,20-22H,1,3,12-15H2,(H,26,31)(H,29,30). The molecule has 1 aliphatic heterocycles. The fourth-order valence-electron chi connectivity index (χ4n) is 4.39. The number of rotatable bonds is 8. The van der Waals surface area contributed by atoms with Crippen LogP contribution in [0.3, 0.4) is 0 Å². The lowest BCUT2D eigenvalue weighted by Gasteiger charge is -2.26. The first-order valence-electron chi connectivity index (χ1n) is 10.8. The Morgan fingerprint density at radius 1 is 1.15 bits per heavy atom. The van der Waals surface area contributed by atoms with E-state index in [0.717, 1.165) is 22.3 Å². The maximum Gasteiger partial charge on any atom is 0.407 e. The minimum Gasteiger partial charge on any atom is -0.480 e. The topological polar surface area (TPSA) is 95.9 Å². The molecule has 172 valence electrons. The number of aliphatic carboxylic acids is 1. The molecule has 2 aliphatic rings. The molecule has 2 atom stereocenters. The Balaban J connectivity index is 1.44.